The molecule has 28 heavy (non-hydrogen) atoms. The molecule has 0 saturated heterocycles. The highest BCUT2D eigenvalue weighted by Crippen LogP contribution is 2.36. The molecule has 0 aliphatic heterocycles. The van der Waals surface area contributed by atoms with Gasteiger partial charge in [-0.25, -0.2) is 4.57 Å². The summed E-state index contributed by atoms with van der Waals surface area (Å²) in [5.41, 5.74) is 6.49. The van der Waals surface area contributed by atoms with Crippen molar-refractivity contribution in [1.82, 2.24) is 4.98 Å². The molecule has 3 nitrogen and oxygen atoms in total. The second-order valence-corrected chi connectivity index (χ2v) is 7.00. The van der Waals surface area contributed by atoms with Crippen molar-refractivity contribution >= 4 is 22.1 Å². The van der Waals surface area contributed by atoms with Crippen molar-refractivity contribution in [1.29, 1.82) is 0 Å². The summed E-state index contributed by atoms with van der Waals surface area (Å²) in [5, 5.41) is 1.76. The Morgan fingerprint density at radius 2 is 1.64 bits per heavy atom. The SMILES string of the molecule is Cc1ccc2c(oc3nc(F)ccc32)c1-c1ccc(-c2ccccc2)c[n+]1C. The highest BCUT2D eigenvalue weighted by Gasteiger charge is 2.21. The molecule has 3 heterocycles. The van der Waals surface area contributed by atoms with Gasteiger partial charge in [-0.15, -0.1) is 0 Å². The number of pyridine rings is 2. The number of nitrogens with zero attached hydrogens (tertiary/aromatic N) is 2. The van der Waals surface area contributed by atoms with Gasteiger partial charge in [-0.2, -0.15) is 9.37 Å². The molecule has 0 radical (unpaired) electrons. The van der Waals surface area contributed by atoms with Gasteiger partial charge in [0.15, 0.2) is 11.8 Å². The van der Waals surface area contributed by atoms with Gasteiger partial charge in [-0.05, 0) is 36.2 Å². The van der Waals surface area contributed by atoms with E-state index in [0.717, 1.165) is 38.7 Å². The molecule has 136 valence electrons. The predicted octanol–water partition coefficient (Wildman–Crippen LogP) is 5.59. The van der Waals surface area contributed by atoms with Crippen molar-refractivity contribution in [3.63, 3.8) is 0 Å². The Kier molecular flexibility index (Phi) is 3.72. The molecule has 0 amide bonds. The molecule has 0 aliphatic rings. The Hall–Kier alpha value is -3.53. The minimum absolute atomic E-state index is 0.324. The van der Waals surface area contributed by atoms with Crippen molar-refractivity contribution in [2.75, 3.05) is 0 Å². The second kappa shape index (κ2) is 6.27. The molecule has 0 spiro atoms. The Morgan fingerprint density at radius 3 is 2.43 bits per heavy atom. The van der Waals surface area contributed by atoms with Crippen molar-refractivity contribution in [3.8, 4) is 22.4 Å². The van der Waals surface area contributed by atoms with Crippen molar-refractivity contribution in [2.24, 2.45) is 7.05 Å². The third-order valence-electron chi connectivity index (χ3n) is 5.18. The molecule has 3 aromatic heterocycles. The van der Waals surface area contributed by atoms with Crippen LogP contribution in [0.15, 0.2) is 77.3 Å². The van der Waals surface area contributed by atoms with Gasteiger partial charge in [-0.3, -0.25) is 0 Å². The fraction of sp³-hybridized carbons (Fsp3) is 0.0833. The molecular formula is C24H18FN2O+. The molecular weight excluding hydrogens is 351 g/mol. The number of hydrogen-bond donors (Lipinski definition) is 0. The van der Waals surface area contributed by atoms with Crippen molar-refractivity contribution < 1.29 is 13.4 Å². The fourth-order valence-electron chi connectivity index (χ4n) is 3.78. The molecule has 5 rings (SSSR count). The molecule has 0 atom stereocenters. The Bertz CT molecular complexity index is 1340. The van der Waals surface area contributed by atoms with E-state index in [2.05, 4.69) is 53.0 Å². The maximum atomic E-state index is 13.6. The summed E-state index contributed by atoms with van der Waals surface area (Å²) in [6, 6.07) is 21.7. The largest absolute Gasteiger partial charge is 0.437 e. The normalized spacial score (nSPS) is 11.4. The second-order valence-electron chi connectivity index (χ2n) is 7.00. The highest BCUT2D eigenvalue weighted by molar-refractivity contribution is 6.08. The minimum Gasteiger partial charge on any atom is -0.437 e. The van der Waals surface area contributed by atoms with Crippen LogP contribution in [0.5, 0.6) is 0 Å². The zero-order valence-electron chi connectivity index (χ0n) is 15.6. The van der Waals surface area contributed by atoms with Crippen molar-refractivity contribution in [2.45, 2.75) is 6.92 Å². The first-order valence-electron chi connectivity index (χ1n) is 9.15. The Balaban J connectivity index is 1.75. The number of fused-ring (bicyclic) bond motifs is 3. The van der Waals surface area contributed by atoms with Crippen LogP contribution in [-0.4, -0.2) is 4.98 Å². The number of hydrogen-bond acceptors (Lipinski definition) is 2. The summed E-state index contributed by atoms with van der Waals surface area (Å²) in [6.07, 6.45) is 2.11. The lowest BCUT2D eigenvalue weighted by Gasteiger charge is -2.07. The first-order valence-corrected chi connectivity index (χ1v) is 9.15. The Labute approximate surface area is 161 Å². The van der Waals surface area contributed by atoms with Crippen LogP contribution in [0, 0.1) is 12.9 Å². The summed E-state index contributed by atoms with van der Waals surface area (Å²) in [6.45, 7) is 2.06. The van der Waals surface area contributed by atoms with Gasteiger partial charge in [0.2, 0.25) is 17.4 Å². The Morgan fingerprint density at radius 1 is 0.857 bits per heavy atom. The summed E-state index contributed by atoms with van der Waals surface area (Å²) < 4.78 is 21.7. The molecule has 4 heteroatoms. The molecule has 0 unspecified atom stereocenters. The van der Waals surface area contributed by atoms with Crippen LogP contribution in [0.3, 0.4) is 0 Å². The van der Waals surface area contributed by atoms with E-state index in [4.69, 9.17) is 4.42 Å². The summed E-state index contributed by atoms with van der Waals surface area (Å²) in [4.78, 5) is 3.91. The van der Waals surface area contributed by atoms with Crippen molar-refractivity contribution in [3.05, 3.63) is 84.4 Å². The summed E-state index contributed by atoms with van der Waals surface area (Å²) in [5.74, 6) is -0.539. The van der Waals surface area contributed by atoms with Crippen LogP contribution in [0.25, 0.3) is 44.5 Å². The maximum absolute atomic E-state index is 13.6. The molecule has 0 bridgehead atoms. The molecule has 0 fully saturated rings. The number of halogens is 1. The fourth-order valence-corrected chi connectivity index (χ4v) is 3.78. The van der Waals surface area contributed by atoms with Crippen LogP contribution < -0.4 is 4.57 Å². The third-order valence-corrected chi connectivity index (χ3v) is 5.18. The van der Waals surface area contributed by atoms with Gasteiger partial charge in [0.05, 0.1) is 5.56 Å². The number of aromatic nitrogens is 2. The zero-order chi connectivity index (χ0) is 19.3. The first-order chi connectivity index (χ1) is 13.6. The maximum Gasteiger partial charge on any atom is 0.229 e. The van der Waals surface area contributed by atoms with Gasteiger partial charge in [0, 0.05) is 22.4 Å². The molecule has 0 N–H and O–H groups in total. The van der Waals surface area contributed by atoms with Gasteiger partial charge in [0.25, 0.3) is 0 Å². The van der Waals surface area contributed by atoms with E-state index in [-0.39, 0.29) is 0 Å². The third kappa shape index (κ3) is 2.57. The number of aryl methyl sites for hydroxylation is 2. The van der Waals surface area contributed by atoms with Crippen LogP contribution in [0.4, 0.5) is 4.39 Å². The molecule has 5 aromatic rings. The van der Waals surface area contributed by atoms with E-state index in [9.17, 15) is 4.39 Å². The van der Waals surface area contributed by atoms with Crippen LogP contribution in [0.2, 0.25) is 0 Å². The van der Waals surface area contributed by atoms with Crippen LogP contribution in [0.1, 0.15) is 5.56 Å². The highest BCUT2D eigenvalue weighted by atomic mass is 19.1. The number of rotatable bonds is 2. The lowest BCUT2D eigenvalue weighted by atomic mass is 9.99. The van der Waals surface area contributed by atoms with E-state index < -0.39 is 5.95 Å². The van der Waals surface area contributed by atoms with E-state index in [1.807, 2.05) is 31.3 Å². The minimum atomic E-state index is -0.539. The predicted molar refractivity (Wildman–Crippen MR) is 108 cm³/mol. The lowest BCUT2D eigenvalue weighted by molar-refractivity contribution is -0.659. The zero-order valence-corrected chi connectivity index (χ0v) is 15.6. The van der Waals surface area contributed by atoms with Crippen LogP contribution >= 0.6 is 0 Å². The quantitative estimate of drug-likeness (QED) is 0.300. The van der Waals surface area contributed by atoms with Crippen LogP contribution in [-0.2, 0) is 7.05 Å². The van der Waals surface area contributed by atoms with Gasteiger partial charge in [0.1, 0.15) is 7.05 Å². The lowest BCUT2D eigenvalue weighted by Crippen LogP contribution is -2.30. The van der Waals surface area contributed by atoms with E-state index >= 15 is 0 Å². The monoisotopic (exact) mass is 369 g/mol. The standard InChI is InChI=1S/C24H18FN2O/c1-15-8-10-18-19-11-13-21(25)26-24(19)28-23(18)22(15)20-12-9-17(14-27(20)2)16-6-4-3-5-7-16/h3-14H,1-2H3/q+1. The smallest absolute Gasteiger partial charge is 0.229 e. The van der Waals surface area contributed by atoms with Gasteiger partial charge >= 0.3 is 0 Å². The number of benzene rings is 2. The molecule has 2 aromatic carbocycles. The average molecular weight is 369 g/mol. The molecule has 0 saturated carbocycles. The average Bonchev–Trinajstić information content (AvgIpc) is 3.06. The van der Waals surface area contributed by atoms with E-state index in [0.29, 0.717) is 5.71 Å². The first kappa shape index (κ1) is 16.6. The topological polar surface area (TPSA) is 29.9 Å². The van der Waals surface area contributed by atoms with Gasteiger partial charge in [-0.1, -0.05) is 42.5 Å². The summed E-state index contributed by atoms with van der Waals surface area (Å²) in [7, 11) is 2.03. The van der Waals surface area contributed by atoms with Gasteiger partial charge < -0.3 is 4.42 Å². The molecule has 0 aliphatic carbocycles. The number of furan rings is 1. The van der Waals surface area contributed by atoms with E-state index in [1.165, 1.54) is 11.6 Å². The van der Waals surface area contributed by atoms with E-state index in [1.54, 1.807) is 6.07 Å². The summed E-state index contributed by atoms with van der Waals surface area (Å²) >= 11 is 0.